The fourth-order valence-electron chi connectivity index (χ4n) is 1.32. The Morgan fingerprint density at radius 2 is 1.62 bits per heavy atom. The first kappa shape index (κ1) is 18.5. The maximum atomic E-state index is 11.5. The SMILES string of the molecule is CCC(CC)(CC)OC(=O)C(I)C(=O)Cl.N. The van der Waals surface area contributed by atoms with Gasteiger partial charge in [-0.15, -0.1) is 0 Å². The topological polar surface area (TPSA) is 78.4 Å². The summed E-state index contributed by atoms with van der Waals surface area (Å²) in [4.78, 5) is 22.3. The van der Waals surface area contributed by atoms with Crippen molar-refractivity contribution in [2.45, 2.75) is 49.6 Å². The first-order valence-corrected chi connectivity index (χ1v) is 6.61. The average Bonchev–Trinajstić information content (AvgIpc) is 2.24. The smallest absolute Gasteiger partial charge is 0.328 e. The minimum absolute atomic E-state index is 0. The molecule has 0 aromatic heterocycles. The monoisotopic (exact) mass is 363 g/mol. The molecule has 4 nitrogen and oxygen atoms in total. The van der Waals surface area contributed by atoms with Crippen LogP contribution in [0.3, 0.4) is 0 Å². The van der Waals surface area contributed by atoms with Crippen molar-refractivity contribution in [3.63, 3.8) is 0 Å². The molecule has 0 amide bonds. The van der Waals surface area contributed by atoms with Gasteiger partial charge >= 0.3 is 5.97 Å². The number of carbonyl (C=O) groups excluding carboxylic acids is 2. The highest BCUT2D eigenvalue weighted by Gasteiger charge is 2.33. The molecule has 96 valence electrons. The molecule has 0 saturated carbocycles. The van der Waals surface area contributed by atoms with Gasteiger partial charge < -0.3 is 10.9 Å². The fraction of sp³-hybridized carbons (Fsp3) is 0.800. The lowest BCUT2D eigenvalue weighted by Gasteiger charge is -2.30. The van der Waals surface area contributed by atoms with Gasteiger partial charge in [-0.1, -0.05) is 43.4 Å². The van der Waals surface area contributed by atoms with E-state index in [1.165, 1.54) is 0 Å². The van der Waals surface area contributed by atoms with Gasteiger partial charge in [0.2, 0.25) is 5.24 Å². The van der Waals surface area contributed by atoms with Crippen LogP contribution >= 0.6 is 34.2 Å². The van der Waals surface area contributed by atoms with Crippen molar-refractivity contribution in [3.8, 4) is 0 Å². The Hall–Kier alpha value is 0.120. The van der Waals surface area contributed by atoms with Crippen LogP contribution in [0.1, 0.15) is 40.0 Å². The Morgan fingerprint density at radius 3 is 1.88 bits per heavy atom. The molecular weight excluding hydrogens is 344 g/mol. The average molecular weight is 364 g/mol. The third kappa shape index (κ3) is 4.97. The van der Waals surface area contributed by atoms with E-state index in [1.807, 2.05) is 20.8 Å². The van der Waals surface area contributed by atoms with E-state index in [0.29, 0.717) is 0 Å². The third-order valence-electron chi connectivity index (χ3n) is 2.66. The van der Waals surface area contributed by atoms with Crippen LogP contribution in [0.15, 0.2) is 0 Å². The van der Waals surface area contributed by atoms with Gasteiger partial charge in [-0.3, -0.25) is 9.59 Å². The predicted octanol–water partition coefficient (Wildman–Crippen LogP) is 3.23. The summed E-state index contributed by atoms with van der Waals surface area (Å²) >= 11 is 6.92. The lowest BCUT2D eigenvalue weighted by molar-refractivity contribution is -0.160. The summed E-state index contributed by atoms with van der Waals surface area (Å²) in [7, 11) is 0. The number of alkyl halides is 1. The summed E-state index contributed by atoms with van der Waals surface area (Å²) < 4.78 is 4.45. The normalized spacial score (nSPS) is 12.6. The fourth-order valence-corrected chi connectivity index (χ4v) is 1.54. The van der Waals surface area contributed by atoms with Gasteiger partial charge in [0.15, 0.2) is 3.92 Å². The Balaban J connectivity index is 0. The number of esters is 1. The summed E-state index contributed by atoms with van der Waals surface area (Å²) in [5.41, 5.74) is -0.452. The van der Waals surface area contributed by atoms with Crippen LogP contribution in [0.2, 0.25) is 0 Å². The van der Waals surface area contributed by atoms with Crippen molar-refractivity contribution in [1.29, 1.82) is 0 Å². The Morgan fingerprint density at radius 1 is 1.25 bits per heavy atom. The second-order valence-electron chi connectivity index (χ2n) is 3.33. The molecule has 1 atom stereocenters. The quantitative estimate of drug-likeness (QED) is 0.258. The Kier molecular flexibility index (Phi) is 9.53. The molecule has 0 spiro atoms. The number of ether oxygens (including phenoxy) is 1. The number of hydrogen-bond donors (Lipinski definition) is 1. The van der Waals surface area contributed by atoms with Crippen molar-refractivity contribution in [3.05, 3.63) is 0 Å². The Labute approximate surface area is 115 Å². The molecule has 0 heterocycles. The first-order valence-electron chi connectivity index (χ1n) is 4.98. The van der Waals surface area contributed by atoms with Crippen LogP contribution < -0.4 is 6.15 Å². The molecule has 0 rings (SSSR count). The zero-order valence-electron chi connectivity index (χ0n) is 9.89. The van der Waals surface area contributed by atoms with Crippen molar-refractivity contribution >= 4 is 45.4 Å². The molecule has 0 saturated heterocycles. The predicted molar refractivity (Wildman–Crippen MR) is 73.4 cm³/mol. The molecule has 0 aliphatic carbocycles. The van der Waals surface area contributed by atoms with Crippen LogP contribution in [0.4, 0.5) is 0 Å². The van der Waals surface area contributed by atoms with E-state index in [0.717, 1.165) is 19.3 Å². The maximum absolute atomic E-state index is 11.5. The van der Waals surface area contributed by atoms with Gasteiger partial charge in [0.05, 0.1) is 0 Å². The molecule has 0 aromatic carbocycles. The molecule has 0 aliphatic heterocycles. The van der Waals surface area contributed by atoms with Crippen LogP contribution in [0.25, 0.3) is 0 Å². The van der Waals surface area contributed by atoms with Gasteiger partial charge in [-0.2, -0.15) is 0 Å². The van der Waals surface area contributed by atoms with Gasteiger partial charge in [0, 0.05) is 0 Å². The molecule has 0 aliphatic rings. The lowest BCUT2D eigenvalue weighted by atomic mass is 9.94. The minimum atomic E-state index is -0.909. The van der Waals surface area contributed by atoms with Gasteiger partial charge in [-0.05, 0) is 30.9 Å². The van der Waals surface area contributed by atoms with E-state index < -0.39 is 20.7 Å². The molecule has 0 aromatic rings. The molecule has 0 fully saturated rings. The van der Waals surface area contributed by atoms with E-state index in [2.05, 4.69) is 0 Å². The summed E-state index contributed by atoms with van der Waals surface area (Å²) in [6.45, 7) is 5.89. The highest BCUT2D eigenvalue weighted by atomic mass is 127. The van der Waals surface area contributed by atoms with Gasteiger partial charge in [0.25, 0.3) is 0 Å². The minimum Gasteiger partial charge on any atom is -0.458 e. The zero-order chi connectivity index (χ0) is 12.1. The number of rotatable bonds is 6. The van der Waals surface area contributed by atoms with E-state index >= 15 is 0 Å². The molecule has 0 radical (unpaired) electrons. The van der Waals surface area contributed by atoms with Crippen molar-refractivity contribution in [1.82, 2.24) is 6.15 Å². The summed E-state index contributed by atoms with van der Waals surface area (Å²) in [5, 5.41) is -0.683. The highest BCUT2D eigenvalue weighted by Crippen LogP contribution is 2.26. The number of carbonyl (C=O) groups is 2. The largest absolute Gasteiger partial charge is 0.458 e. The molecule has 1 unspecified atom stereocenters. The van der Waals surface area contributed by atoms with E-state index in [9.17, 15) is 9.59 Å². The van der Waals surface area contributed by atoms with Crippen LogP contribution in [-0.2, 0) is 14.3 Å². The second-order valence-corrected chi connectivity index (χ2v) is 4.95. The zero-order valence-corrected chi connectivity index (χ0v) is 12.8. The molecular formula is C10H19ClINO3. The molecule has 6 heteroatoms. The molecule has 0 bridgehead atoms. The van der Waals surface area contributed by atoms with Gasteiger partial charge in [0.1, 0.15) is 5.60 Å². The lowest BCUT2D eigenvalue weighted by Crippen LogP contribution is -2.37. The molecule has 3 N–H and O–H groups in total. The van der Waals surface area contributed by atoms with Crippen LogP contribution in [0, 0.1) is 0 Å². The van der Waals surface area contributed by atoms with Crippen LogP contribution in [-0.4, -0.2) is 20.7 Å². The summed E-state index contributed by atoms with van der Waals surface area (Å²) in [6, 6.07) is 0. The van der Waals surface area contributed by atoms with Gasteiger partial charge in [-0.25, -0.2) is 0 Å². The third-order valence-corrected chi connectivity index (χ3v) is 4.32. The Bertz CT molecular complexity index is 236. The first-order chi connectivity index (χ1) is 6.92. The molecule has 16 heavy (non-hydrogen) atoms. The standard InChI is InChI=1S/C10H16ClIO3.H3N/c1-4-10(5-2,6-3)15-9(14)7(12)8(11)13;/h7H,4-6H2,1-3H3;1H3. The summed E-state index contributed by atoms with van der Waals surface area (Å²) in [5.74, 6) is -0.541. The number of hydrogen-bond acceptors (Lipinski definition) is 4. The van der Waals surface area contributed by atoms with E-state index in [-0.39, 0.29) is 6.15 Å². The highest BCUT2D eigenvalue weighted by molar-refractivity contribution is 14.1. The van der Waals surface area contributed by atoms with Crippen molar-refractivity contribution in [2.24, 2.45) is 0 Å². The van der Waals surface area contributed by atoms with Crippen LogP contribution in [0.5, 0.6) is 0 Å². The van der Waals surface area contributed by atoms with Crippen molar-refractivity contribution in [2.75, 3.05) is 0 Å². The number of halogens is 2. The maximum Gasteiger partial charge on any atom is 0.328 e. The summed E-state index contributed by atoms with van der Waals surface area (Å²) in [6.07, 6.45) is 2.22. The van der Waals surface area contributed by atoms with E-state index in [4.69, 9.17) is 16.3 Å². The van der Waals surface area contributed by atoms with Crippen molar-refractivity contribution < 1.29 is 14.3 Å². The second kappa shape index (κ2) is 8.25. The van der Waals surface area contributed by atoms with E-state index in [1.54, 1.807) is 22.6 Å².